The Bertz CT molecular complexity index is 1080. The maximum absolute atomic E-state index is 15.0. The number of nitrogens with zero attached hydrogens (tertiary/aromatic N) is 2. The normalized spacial score (nSPS) is 14.8. The number of likely N-dealkylation sites (tertiary alicyclic amines) is 1. The summed E-state index contributed by atoms with van der Waals surface area (Å²) in [5.74, 6) is 0.168. The third kappa shape index (κ3) is 5.11. The lowest BCUT2D eigenvalue weighted by atomic mass is 10.0. The maximum atomic E-state index is 15.0. The van der Waals surface area contributed by atoms with Crippen LogP contribution in [-0.2, 0) is 13.1 Å². The van der Waals surface area contributed by atoms with E-state index in [1.807, 2.05) is 12.1 Å². The quantitative estimate of drug-likeness (QED) is 0.387. The van der Waals surface area contributed by atoms with Crippen molar-refractivity contribution < 1.29 is 13.5 Å². The molecule has 2 aromatic carbocycles. The van der Waals surface area contributed by atoms with E-state index in [1.165, 1.54) is 29.9 Å². The highest BCUT2D eigenvalue weighted by molar-refractivity contribution is 8.16. The predicted octanol–water partition coefficient (Wildman–Crippen LogP) is 5.72. The van der Waals surface area contributed by atoms with Gasteiger partial charge in [-0.1, -0.05) is 22.8 Å². The fraction of sp³-hybridized carbons (Fsp3) is 0.304. The molecule has 1 atom stereocenters. The zero-order valence-electron chi connectivity index (χ0n) is 18.0. The molecule has 170 valence electrons. The molecule has 1 aliphatic rings. The van der Waals surface area contributed by atoms with Crippen LogP contribution in [0.5, 0.6) is 5.75 Å². The van der Waals surface area contributed by atoms with Gasteiger partial charge in [-0.25, -0.2) is 13.8 Å². The Morgan fingerprint density at radius 2 is 2.03 bits per heavy atom. The van der Waals surface area contributed by atoms with Gasteiger partial charge in [0.1, 0.15) is 23.2 Å². The lowest BCUT2D eigenvalue weighted by Gasteiger charge is -2.31. The smallest absolute Gasteiger partial charge is 0.146 e. The largest absolute Gasteiger partial charge is 0.496 e. The van der Waals surface area contributed by atoms with Crippen molar-refractivity contribution in [3.63, 3.8) is 0 Å². The van der Waals surface area contributed by atoms with Gasteiger partial charge in [0.15, 0.2) is 0 Å². The van der Waals surface area contributed by atoms with Crippen LogP contribution >= 0.6 is 22.0 Å². The second-order valence-corrected chi connectivity index (χ2v) is 9.88. The summed E-state index contributed by atoms with van der Waals surface area (Å²) in [4.78, 5) is 6.51. The highest BCUT2D eigenvalue weighted by Crippen LogP contribution is 2.34. The molecule has 0 radical (unpaired) electrons. The average Bonchev–Trinajstić information content (AvgIpc) is 3.27. The number of thiazole rings is 1. The predicted molar refractivity (Wildman–Crippen MR) is 130 cm³/mol. The Kier molecular flexibility index (Phi) is 7.39. The van der Waals surface area contributed by atoms with Crippen molar-refractivity contribution in [2.24, 2.45) is 0 Å². The van der Waals surface area contributed by atoms with Gasteiger partial charge in [-0.15, -0.1) is 11.3 Å². The molecule has 5 nitrogen and oxygen atoms in total. The van der Waals surface area contributed by atoms with Crippen LogP contribution in [0.15, 0.2) is 46.1 Å². The van der Waals surface area contributed by atoms with Crippen LogP contribution < -0.4 is 14.8 Å². The lowest BCUT2D eigenvalue weighted by molar-refractivity contribution is 0.172. The molecule has 0 aliphatic carbocycles. The first-order valence-electron chi connectivity index (χ1n) is 10.4. The Hall–Kier alpha value is -2.49. The lowest BCUT2D eigenvalue weighted by Crippen LogP contribution is -2.36. The van der Waals surface area contributed by atoms with Gasteiger partial charge in [0.05, 0.1) is 17.5 Å². The van der Waals surface area contributed by atoms with Crippen LogP contribution in [0.3, 0.4) is 0 Å². The third-order valence-electron chi connectivity index (χ3n) is 5.36. The summed E-state index contributed by atoms with van der Waals surface area (Å²) in [6.45, 7) is 5.21. The molecular formula is C23H26F2N4OS2. The van der Waals surface area contributed by atoms with Gasteiger partial charge in [-0.3, -0.25) is 4.90 Å². The molecule has 2 heterocycles. The Balaban J connectivity index is 1.53. The summed E-state index contributed by atoms with van der Waals surface area (Å²) in [6, 6.07) is 8.65. The van der Waals surface area contributed by atoms with E-state index >= 15 is 0 Å². The molecule has 0 bridgehead atoms. The van der Waals surface area contributed by atoms with Crippen LogP contribution in [0.2, 0.25) is 0 Å². The van der Waals surface area contributed by atoms with E-state index in [0.717, 1.165) is 36.5 Å². The Labute approximate surface area is 193 Å². The molecule has 1 fully saturated rings. The van der Waals surface area contributed by atoms with Crippen molar-refractivity contribution in [3.05, 3.63) is 64.0 Å². The molecule has 3 aromatic rings. The highest BCUT2D eigenvalue weighted by Gasteiger charge is 2.19. The third-order valence-corrected chi connectivity index (χ3v) is 7.68. The molecule has 1 aromatic heterocycles. The maximum Gasteiger partial charge on any atom is 0.146 e. The van der Waals surface area contributed by atoms with Crippen molar-refractivity contribution in [2.45, 2.75) is 31.3 Å². The van der Waals surface area contributed by atoms with Crippen LogP contribution in [0.4, 0.5) is 20.3 Å². The molecule has 2 N–H and O–H groups in total. The number of aromatic nitrogens is 1. The SMILES string of the molecule is C/C=S(/Nc1cscn1)c1c(F)cc(NCc2c(CN3CCC3)cccc2OC)cc1F. The van der Waals surface area contributed by atoms with Crippen molar-refractivity contribution in [3.8, 4) is 5.75 Å². The van der Waals surface area contributed by atoms with E-state index in [0.29, 0.717) is 18.1 Å². The molecule has 0 spiro atoms. The number of ether oxygens (including phenoxy) is 1. The minimum Gasteiger partial charge on any atom is -0.496 e. The van der Waals surface area contributed by atoms with Crippen molar-refractivity contribution in [1.82, 2.24) is 9.88 Å². The van der Waals surface area contributed by atoms with E-state index in [-0.39, 0.29) is 4.90 Å². The zero-order valence-corrected chi connectivity index (χ0v) is 19.7. The van der Waals surface area contributed by atoms with Gasteiger partial charge < -0.3 is 14.8 Å². The number of hydrogen-bond acceptors (Lipinski definition) is 6. The second-order valence-electron chi connectivity index (χ2n) is 7.40. The average molecular weight is 477 g/mol. The number of halogens is 2. The molecule has 1 aliphatic heterocycles. The molecule has 0 saturated carbocycles. The highest BCUT2D eigenvalue weighted by atomic mass is 32.2. The van der Waals surface area contributed by atoms with Gasteiger partial charge >= 0.3 is 0 Å². The van der Waals surface area contributed by atoms with Crippen LogP contribution in [0.1, 0.15) is 24.5 Å². The zero-order chi connectivity index (χ0) is 22.5. The topological polar surface area (TPSA) is 49.4 Å². The number of rotatable bonds is 9. The number of anilines is 2. The molecule has 9 heteroatoms. The number of methoxy groups -OCH3 is 1. The number of nitrogens with one attached hydrogen (secondary N) is 2. The molecule has 0 amide bonds. The van der Waals surface area contributed by atoms with E-state index in [4.69, 9.17) is 4.74 Å². The first kappa shape index (κ1) is 22.7. The fourth-order valence-corrected chi connectivity index (χ4v) is 5.49. The summed E-state index contributed by atoms with van der Waals surface area (Å²) in [7, 11) is 0.697. The van der Waals surface area contributed by atoms with Gasteiger partial charge in [0.2, 0.25) is 0 Å². The van der Waals surface area contributed by atoms with Crippen LogP contribution in [-0.4, -0.2) is 35.5 Å². The molecule has 1 saturated heterocycles. The summed E-state index contributed by atoms with van der Waals surface area (Å²) in [5.41, 5.74) is 4.22. The molecule has 1 unspecified atom stereocenters. The van der Waals surface area contributed by atoms with Crippen molar-refractivity contribution in [1.29, 1.82) is 0 Å². The van der Waals surface area contributed by atoms with E-state index in [9.17, 15) is 8.78 Å². The van der Waals surface area contributed by atoms with Crippen LogP contribution in [0, 0.1) is 11.6 Å². The van der Waals surface area contributed by atoms with Gasteiger partial charge in [0.25, 0.3) is 0 Å². The summed E-state index contributed by atoms with van der Waals surface area (Å²) in [5, 5.41) is 6.73. The van der Waals surface area contributed by atoms with Crippen molar-refractivity contribution >= 4 is 38.9 Å². The Morgan fingerprint density at radius 3 is 2.62 bits per heavy atom. The molecular weight excluding hydrogens is 450 g/mol. The number of hydrogen-bond donors (Lipinski definition) is 2. The minimum absolute atomic E-state index is 0.00168. The van der Waals surface area contributed by atoms with Crippen LogP contribution in [0.25, 0.3) is 0 Å². The standard InChI is InChI=1S/C23H26F2N4OS2/c1-3-32(28-22-14-31-15-27-22)23-19(24)10-17(11-20(23)25)26-12-18-16(13-29-8-5-9-29)6-4-7-21(18)30-2/h3-4,6-7,10-11,14-15,26,28H,5,8-9,12-13H2,1-2H3. The second kappa shape index (κ2) is 10.4. The van der Waals surface area contributed by atoms with E-state index in [2.05, 4.69) is 26.0 Å². The molecule has 4 rings (SSSR count). The first-order chi connectivity index (χ1) is 15.6. The summed E-state index contributed by atoms with van der Waals surface area (Å²) >= 11 is 1.42. The van der Waals surface area contributed by atoms with Crippen molar-refractivity contribution in [2.75, 3.05) is 30.2 Å². The van der Waals surface area contributed by atoms with E-state index < -0.39 is 22.3 Å². The monoisotopic (exact) mass is 476 g/mol. The van der Waals surface area contributed by atoms with E-state index in [1.54, 1.807) is 30.3 Å². The minimum atomic E-state index is -0.940. The summed E-state index contributed by atoms with van der Waals surface area (Å²) < 4.78 is 38.6. The van der Waals surface area contributed by atoms with Gasteiger partial charge in [0, 0.05) is 29.7 Å². The Morgan fingerprint density at radius 1 is 1.25 bits per heavy atom. The summed E-state index contributed by atoms with van der Waals surface area (Å²) in [6.07, 6.45) is 1.22. The van der Waals surface area contributed by atoms with Gasteiger partial charge in [-0.05, 0) is 55.6 Å². The number of benzene rings is 2. The molecule has 32 heavy (non-hydrogen) atoms. The first-order valence-corrected chi connectivity index (χ1v) is 12.6. The van der Waals surface area contributed by atoms with Gasteiger partial charge in [-0.2, -0.15) is 0 Å². The fourth-order valence-electron chi connectivity index (χ4n) is 3.60.